The summed E-state index contributed by atoms with van der Waals surface area (Å²) in [6.07, 6.45) is 0.0629. The van der Waals surface area contributed by atoms with Crippen LogP contribution in [-0.4, -0.2) is 47.5 Å². The molecule has 2 rings (SSSR count). The Morgan fingerprint density at radius 2 is 2.21 bits per heavy atom. The second kappa shape index (κ2) is 3.98. The minimum Gasteiger partial charge on any atom is -0.393 e. The number of hydrogen-bond acceptors (Lipinski definition) is 5. The summed E-state index contributed by atoms with van der Waals surface area (Å²) >= 11 is 1.63. The third-order valence-electron chi connectivity index (χ3n) is 2.37. The fourth-order valence-electron chi connectivity index (χ4n) is 1.67. The molecule has 0 spiro atoms. The normalized spacial score (nSPS) is 41.8. The molecule has 0 amide bonds. The van der Waals surface area contributed by atoms with Crippen molar-refractivity contribution in [3.63, 3.8) is 0 Å². The molecule has 2 fully saturated rings. The highest BCUT2D eigenvalue weighted by Crippen LogP contribution is 2.32. The first-order chi connectivity index (χ1) is 6.61. The van der Waals surface area contributed by atoms with Crippen LogP contribution >= 0.6 is 11.8 Å². The zero-order chi connectivity index (χ0) is 10.2. The minimum atomic E-state index is -0.490. The zero-order valence-corrected chi connectivity index (χ0v) is 9.25. The molecule has 0 radical (unpaired) electrons. The van der Waals surface area contributed by atoms with Crippen molar-refractivity contribution in [1.29, 1.82) is 0 Å². The Morgan fingerprint density at radius 3 is 2.71 bits per heavy atom. The van der Waals surface area contributed by atoms with E-state index in [1.165, 1.54) is 0 Å². The first-order valence-corrected chi connectivity index (χ1v) is 5.85. The molecule has 0 unspecified atom stereocenters. The Kier molecular flexibility index (Phi) is 3.04. The minimum absolute atomic E-state index is 0.00838. The second-order valence-corrected chi connectivity index (χ2v) is 5.18. The number of rotatable bonds is 2. The van der Waals surface area contributed by atoms with Gasteiger partial charge < -0.3 is 19.3 Å². The first-order valence-electron chi connectivity index (χ1n) is 4.80. The Labute approximate surface area is 87.9 Å². The van der Waals surface area contributed by atoms with Gasteiger partial charge in [0.25, 0.3) is 0 Å². The van der Waals surface area contributed by atoms with Gasteiger partial charge in [0.1, 0.15) is 11.5 Å². The molecule has 3 atom stereocenters. The van der Waals surface area contributed by atoms with Crippen molar-refractivity contribution in [2.24, 2.45) is 0 Å². The lowest BCUT2D eigenvalue weighted by atomic mass is 10.2. The number of thioether (sulfide) groups is 1. The summed E-state index contributed by atoms with van der Waals surface area (Å²) in [5, 5.41) is 8.91. The molecule has 0 bridgehead atoms. The molecule has 2 aliphatic heterocycles. The molecular weight excluding hydrogens is 204 g/mol. The summed E-state index contributed by atoms with van der Waals surface area (Å²) in [5.74, 6) is 0.380. The molecule has 0 saturated carbocycles. The molecule has 0 aromatic carbocycles. The molecule has 0 aromatic heterocycles. The smallest absolute Gasteiger partial charge is 0.163 e. The molecule has 82 valence electrons. The summed E-state index contributed by atoms with van der Waals surface area (Å²) in [5.41, 5.74) is -0.0905. The first kappa shape index (κ1) is 10.7. The van der Waals surface area contributed by atoms with Gasteiger partial charge in [0.15, 0.2) is 5.79 Å². The van der Waals surface area contributed by atoms with Crippen molar-refractivity contribution in [3.8, 4) is 0 Å². The predicted octanol–water partition coefficient (Wildman–Crippen LogP) is 0.588. The number of aliphatic hydroxyl groups is 1. The van der Waals surface area contributed by atoms with Gasteiger partial charge in [0.05, 0.1) is 19.3 Å². The molecule has 2 heterocycles. The van der Waals surface area contributed by atoms with Crippen molar-refractivity contribution in [2.75, 3.05) is 19.0 Å². The van der Waals surface area contributed by atoms with E-state index in [0.717, 1.165) is 5.75 Å². The van der Waals surface area contributed by atoms with Crippen LogP contribution in [-0.2, 0) is 14.2 Å². The molecule has 5 heteroatoms. The summed E-state index contributed by atoms with van der Waals surface area (Å²) in [6, 6.07) is 0. The fraction of sp³-hybridized carbons (Fsp3) is 1.00. The average Bonchev–Trinajstić information content (AvgIpc) is 2.70. The van der Waals surface area contributed by atoms with E-state index in [4.69, 9.17) is 19.3 Å². The van der Waals surface area contributed by atoms with E-state index in [9.17, 15) is 0 Å². The lowest BCUT2D eigenvalue weighted by molar-refractivity contribution is -0.154. The SMILES string of the molecule is CC1(C)OC[C@H]([C@@H]2CS[C@H](CO)O2)O1. The van der Waals surface area contributed by atoms with Gasteiger partial charge in [-0.05, 0) is 13.8 Å². The fourth-order valence-corrected chi connectivity index (χ4v) is 2.69. The number of ether oxygens (including phenoxy) is 3. The Bertz CT molecular complexity index is 209. The number of aliphatic hydroxyl groups excluding tert-OH is 1. The van der Waals surface area contributed by atoms with Crippen molar-refractivity contribution in [1.82, 2.24) is 0 Å². The summed E-state index contributed by atoms with van der Waals surface area (Å²) in [6.45, 7) is 4.45. The summed E-state index contributed by atoms with van der Waals surface area (Å²) in [7, 11) is 0. The third kappa shape index (κ3) is 2.23. The van der Waals surface area contributed by atoms with Crippen LogP contribution in [0.25, 0.3) is 0 Å². The highest BCUT2D eigenvalue weighted by atomic mass is 32.2. The second-order valence-electron chi connectivity index (χ2n) is 3.99. The van der Waals surface area contributed by atoms with Gasteiger partial charge in [0, 0.05) is 5.75 Å². The van der Waals surface area contributed by atoms with E-state index in [1.807, 2.05) is 13.8 Å². The Balaban J connectivity index is 1.86. The van der Waals surface area contributed by atoms with Gasteiger partial charge in [-0.2, -0.15) is 0 Å². The molecule has 2 aliphatic rings. The molecule has 0 aliphatic carbocycles. The predicted molar refractivity (Wildman–Crippen MR) is 53.1 cm³/mol. The third-order valence-corrected chi connectivity index (χ3v) is 3.52. The van der Waals surface area contributed by atoms with Gasteiger partial charge in [-0.3, -0.25) is 0 Å². The Morgan fingerprint density at radius 1 is 1.43 bits per heavy atom. The lowest BCUT2D eigenvalue weighted by Gasteiger charge is -2.20. The van der Waals surface area contributed by atoms with Crippen molar-refractivity contribution in [3.05, 3.63) is 0 Å². The van der Waals surface area contributed by atoms with E-state index < -0.39 is 5.79 Å². The zero-order valence-electron chi connectivity index (χ0n) is 8.43. The average molecular weight is 220 g/mol. The van der Waals surface area contributed by atoms with Crippen LogP contribution in [0, 0.1) is 0 Å². The maximum absolute atomic E-state index is 8.91. The number of hydrogen-bond donors (Lipinski definition) is 1. The lowest BCUT2D eigenvalue weighted by Crippen LogP contribution is -2.33. The van der Waals surface area contributed by atoms with Crippen LogP contribution in [0.1, 0.15) is 13.8 Å². The molecule has 4 nitrogen and oxygen atoms in total. The van der Waals surface area contributed by atoms with E-state index in [-0.39, 0.29) is 24.3 Å². The molecule has 14 heavy (non-hydrogen) atoms. The van der Waals surface area contributed by atoms with Crippen molar-refractivity contribution >= 4 is 11.8 Å². The van der Waals surface area contributed by atoms with Gasteiger partial charge in [-0.1, -0.05) is 0 Å². The highest BCUT2D eigenvalue weighted by Gasteiger charge is 2.41. The summed E-state index contributed by atoms with van der Waals surface area (Å²) < 4.78 is 16.7. The van der Waals surface area contributed by atoms with Crippen molar-refractivity contribution < 1.29 is 19.3 Å². The Hall–Kier alpha value is 0.190. The van der Waals surface area contributed by atoms with Crippen LogP contribution in [0.15, 0.2) is 0 Å². The molecule has 2 saturated heterocycles. The van der Waals surface area contributed by atoms with Crippen LogP contribution in [0.4, 0.5) is 0 Å². The maximum Gasteiger partial charge on any atom is 0.163 e. The van der Waals surface area contributed by atoms with E-state index >= 15 is 0 Å². The van der Waals surface area contributed by atoms with E-state index in [1.54, 1.807) is 11.8 Å². The molecular formula is C9H16O4S. The van der Waals surface area contributed by atoms with Gasteiger partial charge >= 0.3 is 0 Å². The molecule has 0 aromatic rings. The monoisotopic (exact) mass is 220 g/mol. The van der Waals surface area contributed by atoms with Crippen LogP contribution in [0.2, 0.25) is 0 Å². The van der Waals surface area contributed by atoms with Gasteiger partial charge in [0.2, 0.25) is 0 Å². The van der Waals surface area contributed by atoms with Crippen LogP contribution in [0.5, 0.6) is 0 Å². The van der Waals surface area contributed by atoms with Crippen LogP contribution < -0.4 is 0 Å². The highest BCUT2D eigenvalue weighted by molar-refractivity contribution is 8.00. The van der Waals surface area contributed by atoms with Crippen molar-refractivity contribution in [2.45, 2.75) is 37.3 Å². The van der Waals surface area contributed by atoms with Gasteiger partial charge in [-0.25, -0.2) is 0 Å². The standard InChI is InChI=1S/C9H16O4S/c1-9(2)11-4-6(13-9)7-5-14-8(3-10)12-7/h6-8,10H,3-5H2,1-2H3/t6-,7+,8-/m1/s1. The van der Waals surface area contributed by atoms with E-state index in [0.29, 0.717) is 6.61 Å². The maximum atomic E-state index is 8.91. The van der Waals surface area contributed by atoms with E-state index in [2.05, 4.69) is 0 Å². The topological polar surface area (TPSA) is 47.9 Å². The quantitative estimate of drug-likeness (QED) is 0.738. The van der Waals surface area contributed by atoms with Crippen LogP contribution in [0.3, 0.4) is 0 Å². The van der Waals surface area contributed by atoms with Gasteiger partial charge in [-0.15, -0.1) is 11.8 Å². The largest absolute Gasteiger partial charge is 0.393 e. The summed E-state index contributed by atoms with van der Waals surface area (Å²) in [4.78, 5) is 0. The molecule has 1 N–H and O–H groups in total.